The first-order chi connectivity index (χ1) is 11.0. The van der Waals surface area contributed by atoms with E-state index in [9.17, 15) is 13.6 Å². The highest BCUT2D eigenvalue weighted by atomic mass is 19.3. The Balaban J connectivity index is 2.50. The van der Waals surface area contributed by atoms with E-state index >= 15 is 0 Å². The third-order valence-corrected chi connectivity index (χ3v) is 2.94. The van der Waals surface area contributed by atoms with E-state index in [2.05, 4.69) is 15.4 Å². The minimum atomic E-state index is -2.93. The summed E-state index contributed by atoms with van der Waals surface area (Å²) in [5.74, 6) is 0.200. The molecule has 8 heteroatoms. The molecule has 1 aromatic carbocycles. The van der Waals surface area contributed by atoms with Crippen molar-refractivity contribution in [2.24, 2.45) is 0 Å². The maximum absolute atomic E-state index is 12.4. The van der Waals surface area contributed by atoms with Gasteiger partial charge < -0.3 is 24.8 Å². The predicted molar refractivity (Wildman–Crippen MR) is 81.2 cm³/mol. The number of hydrogen-bond acceptors (Lipinski definition) is 4. The smallest absolute Gasteiger partial charge is 0.387 e. The van der Waals surface area contributed by atoms with Crippen molar-refractivity contribution in [2.75, 3.05) is 27.4 Å². The average molecular weight is 332 g/mol. The summed E-state index contributed by atoms with van der Waals surface area (Å²) in [5, 5.41) is 5.39. The molecule has 1 unspecified atom stereocenters. The molecule has 6 nitrogen and oxygen atoms in total. The van der Waals surface area contributed by atoms with Crippen LogP contribution in [0.5, 0.6) is 11.5 Å². The molecule has 2 amide bonds. The standard InChI is InChI=1S/C15H22F2N2O4/c1-10(9-21-2)19-15(20)18-7-6-11-4-5-12(22-3)13(8-11)23-14(16)17/h4-5,8,10,14H,6-7,9H2,1-3H3,(H2,18,19,20). The normalized spacial score (nSPS) is 11.9. The third kappa shape index (κ3) is 7.14. The second-order valence-corrected chi connectivity index (χ2v) is 4.87. The van der Waals surface area contributed by atoms with Crippen molar-refractivity contribution < 1.29 is 27.8 Å². The van der Waals surface area contributed by atoms with Gasteiger partial charge in [0.25, 0.3) is 0 Å². The van der Waals surface area contributed by atoms with E-state index in [-0.39, 0.29) is 23.6 Å². The Morgan fingerprint density at radius 1 is 1.26 bits per heavy atom. The van der Waals surface area contributed by atoms with E-state index in [0.29, 0.717) is 19.6 Å². The zero-order valence-corrected chi connectivity index (χ0v) is 13.4. The molecule has 0 spiro atoms. The maximum Gasteiger partial charge on any atom is 0.387 e. The number of amides is 2. The zero-order valence-electron chi connectivity index (χ0n) is 13.4. The molecule has 23 heavy (non-hydrogen) atoms. The van der Waals surface area contributed by atoms with Gasteiger partial charge in [-0.25, -0.2) is 4.79 Å². The lowest BCUT2D eigenvalue weighted by Crippen LogP contribution is -2.43. The van der Waals surface area contributed by atoms with E-state index in [1.54, 1.807) is 19.2 Å². The Morgan fingerprint density at radius 2 is 2.00 bits per heavy atom. The van der Waals surface area contributed by atoms with Gasteiger partial charge in [-0.2, -0.15) is 8.78 Å². The van der Waals surface area contributed by atoms with Crippen LogP contribution in [0, 0.1) is 0 Å². The summed E-state index contributed by atoms with van der Waals surface area (Å²) in [6, 6.07) is 4.33. The maximum atomic E-state index is 12.4. The van der Waals surface area contributed by atoms with Crippen molar-refractivity contribution in [1.82, 2.24) is 10.6 Å². The van der Waals surface area contributed by atoms with Crippen LogP contribution >= 0.6 is 0 Å². The number of methoxy groups -OCH3 is 2. The summed E-state index contributed by atoms with van der Waals surface area (Å²) in [6.45, 7) is -0.336. The fourth-order valence-corrected chi connectivity index (χ4v) is 1.95. The second-order valence-electron chi connectivity index (χ2n) is 4.87. The Morgan fingerprint density at radius 3 is 2.61 bits per heavy atom. The van der Waals surface area contributed by atoms with Crippen LogP contribution in [-0.4, -0.2) is 46.1 Å². The van der Waals surface area contributed by atoms with Crippen LogP contribution in [0.2, 0.25) is 0 Å². The van der Waals surface area contributed by atoms with Gasteiger partial charge in [0.1, 0.15) is 0 Å². The van der Waals surface area contributed by atoms with Gasteiger partial charge >= 0.3 is 12.6 Å². The number of urea groups is 1. The van der Waals surface area contributed by atoms with Gasteiger partial charge in [-0.05, 0) is 31.0 Å². The lowest BCUT2D eigenvalue weighted by atomic mass is 10.1. The van der Waals surface area contributed by atoms with E-state index in [0.717, 1.165) is 5.56 Å². The van der Waals surface area contributed by atoms with E-state index in [1.165, 1.54) is 13.2 Å². The summed E-state index contributed by atoms with van der Waals surface area (Å²) in [7, 11) is 2.93. The molecule has 1 aromatic rings. The molecule has 0 fully saturated rings. The number of carbonyl (C=O) groups is 1. The second kappa shape index (κ2) is 9.83. The summed E-state index contributed by atoms with van der Waals surface area (Å²) < 4.78 is 39.0. The number of halogens is 2. The number of ether oxygens (including phenoxy) is 3. The van der Waals surface area contributed by atoms with Crippen LogP contribution in [0.4, 0.5) is 13.6 Å². The van der Waals surface area contributed by atoms with Gasteiger partial charge in [-0.1, -0.05) is 6.07 Å². The summed E-state index contributed by atoms with van der Waals surface area (Å²) in [6.07, 6.45) is 0.468. The first kappa shape index (κ1) is 19.0. The highest BCUT2D eigenvalue weighted by Gasteiger charge is 2.11. The fraction of sp³-hybridized carbons (Fsp3) is 0.533. The molecule has 0 aliphatic rings. The molecule has 0 heterocycles. The molecule has 0 aromatic heterocycles. The monoisotopic (exact) mass is 332 g/mol. The van der Waals surface area contributed by atoms with Crippen molar-refractivity contribution in [1.29, 1.82) is 0 Å². The molecular formula is C15H22F2N2O4. The van der Waals surface area contributed by atoms with E-state index in [4.69, 9.17) is 9.47 Å². The van der Waals surface area contributed by atoms with Crippen molar-refractivity contribution in [3.05, 3.63) is 23.8 Å². The Hall–Kier alpha value is -2.09. The van der Waals surface area contributed by atoms with Gasteiger partial charge in [0.2, 0.25) is 0 Å². The molecule has 0 aliphatic carbocycles. The van der Waals surface area contributed by atoms with Crippen molar-refractivity contribution in [3.63, 3.8) is 0 Å². The number of carbonyl (C=O) groups excluding carboxylic acids is 1. The lowest BCUT2D eigenvalue weighted by molar-refractivity contribution is -0.0512. The number of rotatable bonds is 9. The van der Waals surface area contributed by atoms with Crippen LogP contribution in [0.1, 0.15) is 12.5 Å². The summed E-state index contributed by atoms with van der Waals surface area (Å²) >= 11 is 0. The summed E-state index contributed by atoms with van der Waals surface area (Å²) in [4.78, 5) is 11.6. The van der Waals surface area contributed by atoms with E-state index in [1.807, 2.05) is 6.92 Å². The van der Waals surface area contributed by atoms with Gasteiger partial charge in [-0.3, -0.25) is 0 Å². The molecule has 2 N–H and O–H groups in total. The average Bonchev–Trinajstić information content (AvgIpc) is 2.47. The van der Waals surface area contributed by atoms with Crippen LogP contribution in [-0.2, 0) is 11.2 Å². The van der Waals surface area contributed by atoms with E-state index < -0.39 is 6.61 Å². The van der Waals surface area contributed by atoms with Gasteiger partial charge in [-0.15, -0.1) is 0 Å². The van der Waals surface area contributed by atoms with Gasteiger partial charge in [0.05, 0.1) is 19.8 Å². The first-order valence-electron chi connectivity index (χ1n) is 7.11. The predicted octanol–water partition coefficient (Wildman–Crippen LogP) is 2.17. The van der Waals surface area contributed by atoms with Gasteiger partial charge in [0, 0.05) is 13.7 Å². The number of benzene rings is 1. The van der Waals surface area contributed by atoms with Crippen molar-refractivity contribution in [3.8, 4) is 11.5 Å². The first-order valence-corrected chi connectivity index (χ1v) is 7.11. The Bertz CT molecular complexity index is 500. The molecule has 0 aliphatic heterocycles. The number of nitrogens with one attached hydrogen (secondary N) is 2. The molecule has 1 rings (SSSR count). The molecule has 130 valence electrons. The molecule has 1 atom stereocenters. The highest BCUT2D eigenvalue weighted by molar-refractivity contribution is 5.74. The minimum Gasteiger partial charge on any atom is -0.493 e. The van der Waals surface area contributed by atoms with Gasteiger partial charge in [0.15, 0.2) is 11.5 Å². The quantitative estimate of drug-likeness (QED) is 0.727. The van der Waals surface area contributed by atoms with Crippen LogP contribution in [0.3, 0.4) is 0 Å². The van der Waals surface area contributed by atoms with Crippen LogP contribution in [0.15, 0.2) is 18.2 Å². The molecule has 0 saturated carbocycles. The fourth-order valence-electron chi connectivity index (χ4n) is 1.95. The number of hydrogen-bond donors (Lipinski definition) is 2. The Labute approximate surface area is 134 Å². The van der Waals surface area contributed by atoms with Crippen molar-refractivity contribution in [2.45, 2.75) is 26.0 Å². The lowest BCUT2D eigenvalue weighted by Gasteiger charge is -2.14. The minimum absolute atomic E-state index is 0.0295. The third-order valence-electron chi connectivity index (χ3n) is 2.94. The van der Waals surface area contributed by atoms with Crippen molar-refractivity contribution >= 4 is 6.03 Å². The zero-order chi connectivity index (χ0) is 17.2. The molecule has 0 bridgehead atoms. The molecular weight excluding hydrogens is 310 g/mol. The SMILES string of the molecule is COCC(C)NC(=O)NCCc1ccc(OC)c(OC(F)F)c1. The summed E-state index contributed by atoms with van der Waals surface area (Å²) in [5.41, 5.74) is 0.742. The molecule has 0 saturated heterocycles. The van der Waals surface area contributed by atoms with Crippen LogP contribution < -0.4 is 20.1 Å². The molecule has 0 radical (unpaired) electrons. The van der Waals surface area contributed by atoms with Crippen LogP contribution in [0.25, 0.3) is 0 Å². The highest BCUT2D eigenvalue weighted by Crippen LogP contribution is 2.29. The number of alkyl halides is 2. The topological polar surface area (TPSA) is 68.8 Å². The Kier molecular flexibility index (Phi) is 8.10. The largest absolute Gasteiger partial charge is 0.493 e.